The normalized spacial score (nSPS) is 17.9. The molecule has 0 amide bonds. The third-order valence-electron chi connectivity index (χ3n) is 2.16. The van der Waals surface area contributed by atoms with Crippen LogP contribution in [0.25, 0.3) is 0 Å². The van der Waals surface area contributed by atoms with Crippen LogP contribution in [0.5, 0.6) is 17.2 Å². The number of hydrogen-bond donors (Lipinski definition) is 1. The topological polar surface area (TPSA) is 65.0 Å². The van der Waals surface area contributed by atoms with Gasteiger partial charge in [0.1, 0.15) is 6.61 Å². The Morgan fingerprint density at radius 3 is 3.19 bits per heavy atom. The molecule has 1 heterocycles. The van der Waals surface area contributed by atoms with Crippen LogP contribution in [0.3, 0.4) is 0 Å². The first kappa shape index (κ1) is 10.6. The van der Waals surface area contributed by atoms with Crippen molar-refractivity contribution in [1.29, 1.82) is 0 Å². The first-order chi connectivity index (χ1) is 7.72. The van der Waals surface area contributed by atoms with Crippen LogP contribution in [-0.4, -0.2) is 30.4 Å². The minimum absolute atomic E-state index is 0.000177. The van der Waals surface area contributed by atoms with Crippen molar-refractivity contribution in [2.45, 2.75) is 13.0 Å². The monoisotopic (exact) mass is 224 g/mol. The number of benzene rings is 1. The highest BCUT2D eigenvalue weighted by atomic mass is 16.6. The molecule has 5 heteroatoms. The molecule has 5 nitrogen and oxygen atoms in total. The van der Waals surface area contributed by atoms with E-state index in [4.69, 9.17) is 14.2 Å². The molecule has 0 bridgehead atoms. The van der Waals surface area contributed by atoms with Crippen LogP contribution in [0.15, 0.2) is 18.2 Å². The van der Waals surface area contributed by atoms with Crippen molar-refractivity contribution >= 4 is 5.97 Å². The summed E-state index contributed by atoms with van der Waals surface area (Å²) in [7, 11) is 0. The first-order valence-corrected chi connectivity index (χ1v) is 5.00. The summed E-state index contributed by atoms with van der Waals surface area (Å²) in [5.41, 5.74) is 0. The number of fused-ring (bicyclic) bond motifs is 1. The summed E-state index contributed by atoms with van der Waals surface area (Å²) in [5.74, 6) is 0.156. The molecule has 1 aliphatic rings. The Morgan fingerprint density at radius 1 is 1.62 bits per heavy atom. The fourth-order valence-corrected chi connectivity index (χ4v) is 1.44. The molecule has 1 aromatic rings. The SMILES string of the molecule is CCOC(=O)C1COc2c(O)cccc2O1. The molecule has 1 N–H and O–H groups in total. The molecule has 0 radical (unpaired) electrons. The lowest BCUT2D eigenvalue weighted by Gasteiger charge is -2.25. The standard InChI is InChI=1S/C11H12O5/c1-2-14-11(13)9-6-15-10-7(12)4-3-5-8(10)16-9/h3-5,9,12H,2,6H2,1H3. The van der Waals surface area contributed by atoms with Gasteiger partial charge in [-0.05, 0) is 19.1 Å². The number of phenols is 1. The lowest BCUT2D eigenvalue weighted by atomic mass is 10.2. The minimum atomic E-state index is -0.769. The number of ether oxygens (including phenoxy) is 3. The van der Waals surface area contributed by atoms with Crippen molar-refractivity contribution in [3.05, 3.63) is 18.2 Å². The number of phenolic OH excluding ortho intramolecular Hbond substituents is 1. The van der Waals surface area contributed by atoms with Crippen molar-refractivity contribution in [2.75, 3.05) is 13.2 Å². The maximum atomic E-state index is 11.4. The van der Waals surface area contributed by atoms with Gasteiger partial charge in [0.25, 0.3) is 0 Å². The Labute approximate surface area is 92.5 Å². The van der Waals surface area contributed by atoms with E-state index in [1.165, 1.54) is 6.07 Å². The molecule has 1 aliphatic heterocycles. The molecular formula is C11H12O5. The molecule has 0 aromatic heterocycles. The van der Waals surface area contributed by atoms with Gasteiger partial charge in [-0.25, -0.2) is 4.79 Å². The van der Waals surface area contributed by atoms with Gasteiger partial charge in [0.15, 0.2) is 11.5 Å². The molecule has 16 heavy (non-hydrogen) atoms. The number of carbonyl (C=O) groups is 1. The molecule has 1 unspecified atom stereocenters. The number of para-hydroxylation sites is 1. The quantitative estimate of drug-likeness (QED) is 0.762. The fourth-order valence-electron chi connectivity index (χ4n) is 1.44. The van der Waals surface area contributed by atoms with Crippen LogP contribution in [0.2, 0.25) is 0 Å². The molecular weight excluding hydrogens is 212 g/mol. The third-order valence-corrected chi connectivity index (χ3v) is 2.16. The maximum Gasteiger partial charge on any atom is 0.350 e. The Hall–Kier alpha value is -1.91. The maximum absolute atomic E-state index is 11.4. The van der Waals surface area contributed by atoms with Crippen LogP contribution in [0, 0.1) is 0 Å². The summed E-state index contributed by atoms with van der Waals surface area (Å²) in [6.07, 6.45) is -0.769. The van der Waals surface area contributed by atoms with Crippen LogP contribution in [0.4, 0.5) is 0 Å². The lowest BCUT2D eigenvalue weighted by Crippen LogP contribution is -2.37. The largest absolute Gasteiger partial charge is 0.504 e. The van der Waals surface area contributed by atoms with Gasteiger partial charge in [0.2, 0.25) is 11.9 Å². The summed E-state index contributed by atoms with van der Waals surface area (Å²) in [5, 5.41) is 9.46. The number of hydrogen-bond acceptors (Lipinski definition) is 5. The molecule has 86 valence electrons. The lowest BCUT2D eigenvalue weighted by molar-refractivity contribution is -0.154. The Kier molecular flexibility index (Phi) is 2.85. The first-order valence-electron chi connectivity index (χ1n) is 5.00. The zero-order valence-electron chi connectivity index (χ0n) is 8.80. The van der Waals surface area contributed by atoms with Crippen molar-refractivity contribution in [2.24, 2.45) is 0 Å². The number of aromatic hydroxyl groups is 1. The smallest absolute Gasteiger partial charge is 0.350 e. The predicted molar refractivity (Wildman–Crippen MR) is 54.7 cm³/mol. The van der Waals surface area contributed by atoms with Gasteiger partial charge in [-0.2, -0.15) is 0 Å². The van der Waals surface area contributed by atoms with Crippen LogP contribution < -0.4 is 9.47 Å². The number of carbonyl (C=O) groups excluding carboxylic acids is 1. The van der Waals surface area contributed by atoms with E-state index in [-0.39, 0.29) is 18.1 Å². The van der Waals surface area contributed by atoms with Gasteiger partial charge in [-0.1, -0.05) is 6.07 Å². The number of rotatable bonds is 2. The highest BCUT2D eigenvalue weighted by Gasteiger charge is 2.29. The van der Waals surface area contributed by atoms with Gasteiger partial charge in [0, 0.05) is 0 Å². The number of esters is 1. The third kappa shape index (κ3) is 1.88. The van der Waals surface area contributed by atoms with Crippen molar-refractivity contribution in [3.8, 4) is 17.2 Å². The second kappa shape index (κ2) is 4.30. The Bertz CT molecular complexity index is 401. The zero-order chi connectivity index (χ0) is 11.5. The molecule has 0 saturated carbocycles. The molecule has 0 saturated heterocycles. The molecule has 2 rings (SSSR count). The zero-order valence-corrected chi connectivity index (χ0v) is 8.80. The van der Waals surface area contributed by atoms with E-state index in [1.54, 1.807) is 19.1 Å². The summed E-state index contributed by atoms with van der Waals surface area (Å²) in [4.78, 5) is 11.4. The van der Waals surface area contributed by atoms with Crippen molar-refractivity contribution in [3.63, 3.8) is 0 Å². The molecule has 0 fully saturated rings. The molecule has 1 aromatic carbocycles. The second-order valence-corrected chi connectivity index (χ2v) is 3.27. The molecule has 1 atom stereocenters. The highest BCUT2D eigenvalue weighted by Crippen LogP contribution is 2.39. The van der Waals surface area contributed by atoms with Gasteiger partial charge >= 0.3 is 5.97 Å². The second-order valence-electron chi connectivity index (χ2n) is 3.27. The van der Waals surface area contributed by atoms with Crippen LogP contribution >= 0.6 is 0 Å². The van der Waals surface area contributed by atoms with Gasteiger partial charge in [-0.3, -0.25) is 0 Å². The average Bonchev–Trinajstić information content (AvgIpc) is 2.29. The molecule has 0 spiro atoms. The van der Waals surface area contributed by atoms with E-state index in [9.17, 15) is 9.90 Å². The van der Waals surface area contributed by atoms with E-state index in [0.717, 1.165) is 0 Å². The highest BCUT2D eigenvalue weighted by molar-refractivity contribution is 5.76. The predicted octanol–water partition coefficient (Wildman–Crippen LogP) is 1.10. The van der Waals surface area contributed by atoms with Gasteiger partial charge in [-0.15, -0.1) is 0 Å². The van der Waals surface area contributed by atoms with Crippen molar-refractivity contribution in [1.82, 2.24) is 0 Å². The van der Waals surface area contributed by atoms with Gasteiger partial charge in [0.05, 0.1) is 6.61 Å². The Balaban J connectivity index is 2.15. The van der Waals surface area contributed by atoms with Crippen LogP contribution in [-0.2, 0) is 9.53 Å². The van der Waals surface area contributed by atoms with Crippen LogP contribution in [0.1, 0.15) is 6.92 Å². The fraction of sp³-hybridized carbons (Fsp3) is 0.364. The summed E-state index contributed by atoms with van der Waals surface area (Å²) in [6.45, 7) is 2.07. The molecule has 0 aliphatic carbocycles. The van der Waals surface area contributed by atoms with E-state index in [2.05, 4.69) is 0 Å². The van der Waals surface area contributed by atoms with E-state index < -0.39 is 12.1 Å². The van der Waals surface area contributed by atoms with E-state index in [1.807, 2.05) is 0 Å². The van der Waals surface area contributed by atoms with Gasteiger partial charge < -0.3 is 19.3 Å². The average molecular weight is 224 g/mol. The van der Waals surface area contributed by atoms with Crippen molar-refractivity contribution < 1.29 is 24.1 Å². The summed E-state index contributed by atoms with van der Waals surface area (Å²) < 4.78 is 15.4. The van der Waals surface area contributed by atoms with E-state index in [0.29, 0.717) is 12.4 Å². The summed E-state index contributed by atoms with van der Waals surface area (Å²) in [6, 6.07) is 4.73. The minimum Gasteiger partial charge on any atom is -0.504 e. The summed E-state index contributed by atoms with van der Waals surface area (Å²) >= 11 is 0. The Morgan fingerprint density at radius 2 is 2.44 bits per heavy atom. The van der Waals surface area contributed by atoms with E-state index >= 15 is 0 Å².